The summed E-state index contributed by atoms with van der Waals surface area (Å²) in [6.07, 6.45) is 6.93. The largest absolute Gasteiger partial charge is 0.478 e. The van der Waals surface area contributed by atoms with Gasteiger partial charge in [0, 0.05) is 63.8 Å². The number of carboxylic acids is 1. The number of aromatic nitrogens is 7. The number of nitrogen functional groups attached to an aromatic ring is 1. The van der Waals surface area contributed by atoms with Gasteiger partial charge in [-0.1, -0.05) is 46.4 Å². The van der Waals surface area contributed by atoms with Crippen molar-refractivity contribution < 1.29 is 14.3 Å². The molecule has 0 amide bonds. The van der Waals surface area contributed by atoms with E-state index in [9.17, 15) is 4.79 Å². The Labute approximate surface area is 307 Å². The Morgan fingerprint density at radius 3 is 1.96 bits per heavy atom. The van der Waals surface area contributed by atoms with Gasteiger partial charge >= 0.3 is 5.97 Å². The first-order chi connectivity index (χ1) is 23.6. The van der Waals surface area contributed by atoms with Crippen LogP contribution in [-0.2, 0) is 14.1 Å². The number of nitrogens with two attached hydrogens (primary N) is 1. The number of oxazole rings is 1. The lowest BCUT2D eigenvalue weighted by Crippen LogP contribution is -2.07. The highest BCUT2D eigenvalue weighted by molar-refractivity contribution is 6.34. The molecule has 7 heterocycles. The van der Waals surface area contributed by atoms with Crippen molar-refractivity contribution in [2.24, 2.45) is 14.1 Å². The summed E-state index contributed by atoms with van der Waals surface area (Å²) >= 11 is 22.6. The number of allylic oxidation sites excluding steroid dienone is 1. The van der Waals surface area contributed by atoms with Gasteiger partial charge in [0.05, 0.1) is 16.8 Å². The Morgan fingerprint density at radius 2 is 1.42 bits per heavy atom. The monoisotopic (exact) mass is 755 g/mol. The number of pyridine rings is 4. The van der Waals surface area contributed by atoms with Crippen molar-refractivity contribution in [3.05, 3.63) is 105 Å². The predicted octanol–water partition coefficient (Wildman–Crippen LogP) is 8.71. The van der Waals surface area contributed by atoms with E-state index in [2.05, 4.69) is 24.9 Å². The number of halogens is 4. The van der Waals surface area contributed by atoms with Gasteiger partial charge in [-0.3, -0.25) is 0 Å². The van der Waals surface area contributed by atoms with Crippen LogP contribution in [0, 0.1) is 0 Å². The lowest BCUT2D eigenvalue weighted by Gasteiger charge is -2.11. The van der Waals surface area contributed by atoms with Crippen LogP contribution in [0.25, 0.3) is 44.8 Å². The van der Waals surface area contributed by atoms with E-state index in [-0.39, 0.29) is 10.7 Å². The normalized spacial score (nSPS) is 10.4. The predicted molar refractivity (Wildman–Crippen MR) is 201 cm³/mol. The fourth-order valence-corrected chi connectivity index (χ4v) is 4.82. The summed E-state index contributed by atoms with van der Waals surface area (Å²) in [6.45, 7) is 3.98. The SMILES string of the molecule is CC(C)=C(Cl)N(C)C.Cn1ccc2cc(-c3nc4ccc(Cl)nc4o3)cnc21.Cn1ccc2cc(C(=O)O)cnc21.Nc1ccc(Cl)nc1Cl. The third-order valence-corrected chi connectivity index (χ3v) is 8.22. The molecule has 0 radical (unpaired) electrons. The molecule has 7 aromatic rings. The molecule has 16 heteroatoms. The smallest absolute Gasteiger partial charge is 0.337 e. The number of aryl methyl sites for hydroxylation is 2. The summed E-state index contributed by atoms with van der Waals surface area (Å²) in [4.78, 5) is 33.1. The fourth-order valence-electron chi connectivity index (χ4n) is 4.33. The van der Waals surface area contributed by atoms with Crippen molar-refractivity contribution in [1.29, 1.82) is 0 Å². The van der Waals surface area contributed by atoms with Crippen LogP contribution in [0.4, 0.5) is 5.69 Å². The summed E-state index contributed by atoms with van der Waals surface area (Å²) in [5.41, 5.74) is 10.8. The Kier molecular flexibility index (Phi) is 12.7. The fraction of sp³-hybridized carbons (Fsp3) is 0.176. The van der Waals surface area contributed by atoms with Crippen LogP contribution in [0.2, 0.25) is 15.5 Å². The molecule has 0 saturated carbocycles. The molecule has 0 unspecified atom stereocenters. The average Bonchev–Trinajstić information content (AvgIpc) is 3.79. The molecular formula is C34H33Cl4N9O3. The summed E-state index contributed by atoms with van der Waals surface area (Å²) in [7, 11) is 7.68. The highest BCUT2D eigenvalue weighted by Crippen LogP contribution is 2.26. The first kappa shape index (κ1) is 37.9. The summed E-state index contributed by atoms with van der Waals surface area (Å²) in [5, 5.41) is 12.4. The van der Waals surface area contributed by atoms with Crippen LogP contribution in [-0.4, -0.2) is 64.1 Å². The highest BCUT2D eigenvalue weighted by Gasteiger charge is 2.12. The summed E-state index contributed by atoms with van der Waals surface area (Å²) in [5.74, 6) is -0.453. The number of hydrogen-bond donors (Lipinski definition) is 2. The quantitative estimate of drug-likeness (QED) is 0.132. The van der Waals surface area contributed by atoms with Crippen molar-refractivity contribution in [1.82, 2.24) is 39.0 Å². The van der Waals surface area contributed by atoms with Crippen LogP contribution in [0.3, 0.4) is 0 Å². The molecule has 3 N–H and O–H groups in total. The van der Waals surface area contributed by atoms with E-state index in [0.717, 1.165) is 38.4 Å². The van der Waals surface area contributed by atoms with Gasteiger partial charge in [0.25, 0.3) is 0 Å². The van der Waals surface area contributed by atoms with Gasteiger partial charge in [-0.05, 0) is 68.0 Å². The minimum absolute atomic E-state index is 0.221. The molecule has 0 bridgehead atoms. The maximum atomic E-state index is 10.6. The second kappa shape index (κ2) is 16.7. The Hall–Kier alpha value is -4.88. The molecular weight excluding hydrogens is 724 g/mol. The van der Waals surface area contributed by atoms with Crippen LogP contribution >= 0.6 is 46.4 Å². The van der Waals surface area contributed by atoms with Gasteiger partial charge < -0.3 is 29.3 Å². The van der Waals surface area contributed by atoms with Crippen molar-refractivity contribution in [2.45, 2.75) is 13.8 Å². The van der Waals surface area contributed by atoms with E-state index in [1.807, 2.05) is 86.7 Å². The molecule has 0 aliphatic carbocycles. The van der Waals surface area contributed by atoms with E-state index >= 15 is 0 Å². The van der Waals surface area contributed by atoms with Gasteiger partial charge in [-0.15, -0.1) is 0 Å². The maximum Gasteiger partial charge on any atom is 0.337 e. The third-order valence-electron chi connectivity index (χ3n) is 6.78. The van der Waals surface area contributed by atoms with Crippen molar-refractivity contribution in [3.8, 4) is 11.5 Å². The number of aromatic carboxylic acids is 1. The molecule has 7 rings (SSSR count). The van der Waals surface area contributed by atoms with Gasteiger partial charge in [-0.2, -0.15) is 4.98 Å². The number of carbonyl (C=O) groups is 1. The van der Waals surface area contributed by atoms with Crippen molar-refractivity contribution in [2.75, 3.05) is 19.8 Å². The van der Waals surface area contributed by atoms with Crippen LogP contribution in [0.1, 0.15) is 24.2 Å². The van der Waals surface area contributed by atoms with Gasteiger partial charge in [0.1, 0.15) is 32.3 Å². The molecule has 0 atom stereocenters. The highest BCUT2D eigenvalue weighted by atomic mass is 35.5. The van der Waals surface area contributed by atoms with Gasteiger partial charge in [-0.25, -0.2) is 24.7 Å². The molecule has 0 aromatic carbocycles. The number of fused-ring (bicyclic) bond motifs is 3. The van der Waals surface area contributed by atoms with E-state index in [0.29, 0.717) is 33.1 Å². The minimum Gasteiger partial charge on any atom is -0.478 e. The molecule has 50 heavy (non-hydrogen) atoms. The van der Waals surface area contributed by atoms with E-state index in [1.165, 1.54) is 6.20 Å². The molecule has 0 fully saturated rings. The number of rotatable bonds is 3. The van der Waals surface area contributed by atoms with E-state index in [1.54, 1.807) is 36.5 Å². The van der Waals surface area contributed by atoms with E-state index < -0.39 is 5.97 Å². The van der Waals surface area contributed by atoms with Crippen molar-refractivity contribution >= 4 is 91.4 Å². The van der Waals surface area contributed by atoms with Gasteiger partial charge in [0.15, 0.2) is 5.15 Å². The summed E-state index contributed by atoms with van der Waals surface area (Å²) < 4.78 is 9.45. The number of hydrogen-bond acceptors (Lipinski definition) is 9. The number of nitrogens with zero attached hydrogens (tertiary/aromatic N) is 8. The second-order valence-electron chi connectivity index (χ2n) is 11.1. The Morgan fingerprint density at radius 1 is 0.840 bits per heavy atom. The summed E-state index contributed by atoms with van der Waals surface area (Å²) in [6, 6.07) is 14.1. The minimum atomic E-state index is -0.946. The molecule has 7 aromatic heterocycles. The van der Waals surface area contributed by atoms with Crippen LogP contribution in [0.5, 0.6) is 0 Å². The zero-order valence-electron chi connectivity index (χ0n) is 27.9. The molecule has 260 valence electrons. The first-order valence-corrected chi connectivity index (χ1v) is 16.2. The zero-order chi connectivity index (χ0) is 36.7. The third kappa shape index (κ3) is 9.63. The second-order valence-corrected chi connectivity index (χ2v) is 12.6. The van der Waals surface area contributed by atoms with Crippen LogP contribution in [0.15, 0.2) is 88.5 Å². The molecule has 0 aliphatic heterocycles. The van der Waals surface area contributed by atoms with Crippen LogP contribution < -0.4 is 5.73 Å². The Balaban J connectivity index is 0.000000162. The van der Waals surface area contributed by atoms with E-state index in [4.69, 9.17) is 61.7 Å². The number of anilines is 1. The lowest BCUT2D eigenvalue weighted by molar-refractivity contribution is 0.0696. The standard InChI is InChI=1S/C14H9ClN4O.C9H8N2O2.C6H12ClN.C5H4Cl2N2/c1-19-5-4-8-6-9(7-16-12(8)19)13-17-10-2-3-11(15)18-14(10)20-13;1-11-3-2-6-4-7(9(12)13)5-10-8(6)11;1-5(2)6(7)8(3)4;6-4-2-1-3(8)5(7)9-4/h2-7H,1H3;2-5H,1H3,(H,12,13);1-4H3;1-2H,8H2. The molecule has 0 aliphatic rings. The van der Waals surface area contributed by atoms with Crippen molar-refractivity contribution in [3.63, 3.8) is 0 Å². The molecule has 12 nitrogen and oxygen atoms in total. The molecule has 0 saturated heterocycles. The first-order valence-electron chi connectivity index (χ1n) is 14.7. The average molecular weight is 758 g/mol. The maximum absolute atomic E-state index is 10.6. The number of carboxylic acid groups (broad SMARTS) is 1. The topological polar surface area (TPSA) is 154 Å². The molecule has 0 spiro atoms. The zero-order valence-corrected chi connectivity index (χ0v) is 30.9. The van der Waals surface area contributed by atoms with Gasteiger partial charge in [0.2, 0.25) is 11.6 Å². The Bertz CT molecular complexity index is 2310. The lowest BCUT2D eigenvalue weighted by atomic mass is 10.2.